The molecule has 0 atom stereocenters. The van der Waals surface area contributed by atoms with Gasteiger partial charge in [-0.3, -0.25) is 9.36 Å². The predicted octanol–water partition coefficient (Wildman–Crippen LogP) is 2.36. The van der Waals surface area contributed by atoms with Crippen LogP contribution < -0.4 is 5.56 Å². The summed E-state index contributed by atoms with van der Waals surface area (Å²) in [5.74, 6) is 0. The molecule has 0 saturated heterocycles. The molecule has 8 nitrogen and oxygen atoms in total. The normalized spacial score (nSPS) is 11.5. The lowest BCUT2D eigenvalue weighted by molar-refractivity contribution is 0.186. The maximum Gasteiger partial charge on any atom is 0.283 e. The molecule has 4 aromatic rings. The van der Waals surface area contributed by atoms with Crippen LogP contribution in [0.4, 0.5) is 0 Å². The van der Waals surface area contributed by atoms with Gasteiger partial charge in [0.1, 0.15) is 6.33 Å². The van der Waals surface area contributed by atoms with Crippen molar-refractivity contribution in [2.45, 2.75) is 19.9 Å². The van der Waals surface area contributed by atoms with Crippen LogP contribution in [0.1, 0.15) is 12.6 Å². The Kier molecular flexibility index (Phi) is 4.59. The van der Waals surface area contributed by atoms with E-state index in [1.165, 1.54) is 10.9 Å². The third-order valence-corrected chi connectivity index (χ3v) is 4.63. The number of fused-ring (bicyclic) bond motifs is 3. The first kappa shape index (κ1) is 17.6. The molecular formula is C18H17ClN6O2. The molecular weight excluding hydrogens is 368 g/mol. The third kappa shape index (κ3) is 2.96. The van der Waals surface area contributed by atoms with Crippen molar-refractivity contribution in [2.24, 2.45) is 0 Å². The number of aromatic nitrogens is 6. The molecule has 0 bridgehead atoms. The Labute approximate surface area is 159 Å². The average Bonchev–Trinajstić information content (AvgIpc) is 3.07. The van der Waals surface area contributed by atoms with E-state index in [-0.39, 0.29) is 11.1 Å². The molecule has 4 rings (SSSR count). The van der Waals surface area contributed by atoms with Crippen LogP contribution in [-0.2, 0) is 17.7 Å². The molecule has 0 aliphatic rings. The highest BCUT2D eigenvalue weighted by Crippen LogP contribution is 2.29. The first-order valence-corrected chi connectivity index (χ1v) is 8.90. The summed E-state index contributed by atoms with van der Waals surface area (Å²) < 4.78 is 8.07. The first-order chi connectivity index (χ1) is 13.1. The van der Waals surface area contributed by atoms with Gasteiger partial charge < -0.3 is 4.74 Å². The average molecular weight is 385 g/mol. The minimum absolute atomic E-state index is 0.175. The van der Waals surface area contributed by atoms with Gasteiger partial charge in [0.15, 0.2) is 16.8 Å². The van der Waals surface area contributed by atoms with Crippen LogP contribution in [0, 0.1) is 0 Å². The molecule has 0 fully saturated rings. The minimum atomic E-state index is -0.270. The van der Waals surface area contributed by atoms with E-state index in [4.69, 9.17) is 16.3 Å². The number of hydrogen-bond acceptors (Lipinski definition) is 6. The summed E-state index contributed by atoms with van der Waals surface area (Å²) >= 11 is 6.01. The van der Waals surface area contributed by atoms with E-state index in [0.29, 0.717) is 35.9 Å². The summed E-state index contributed by atoms with van der Waals surface area (Å²) in [7, 11) is 1.58. The Hall–Kier alpha value is -2.84. The van der Waals surface area contributed by atoms with Gasteiger partial charge in [0, 0.05) is 12.1 Å². The number of nitrogens with zero attached hydrogens (tertiary/aromatic N) is 6. The smallest absolute Gasteiger partial charge is 0.283 e. The van der Waals surface area contributed by atoms with Crippen molar-refractivity contribution in [1.82, 2.24) is 29.4 Å². The van der Waals surface area contributed by atoms with Crippen molar-refractivity contribution >= 4 is 28.4 Å². The Balaban J connectivity index is 1.97. The summed E-state index contributed by atoms with van der Waals surface area (Å²) in [6.07, 6.45) is 2.19. The zero-order valence-corrected chi connectivity index (χ0v) is 15.6. The van der Waals surface area contributed by atoms with E-state index < -0.39 is 0 Å². The second kappa shape index (κ2) is 7.05. The molecule has 0 aliphatic heterocycles. The second-order valence-corrected chi connectivity index (χ2v) is 6.46. The molecule has 0 amide bonds. The zero-order valence-electron chi connectivity index (χ0n) is 14.9. The van der Waals surface area contributed by atoms with Gasteiger partial charge in [0.05, 0.1) is 24.4 Å². The molecule has 3 aromatic heterocycles. The van der Waals surface area contributed by atoms with Gasteiger partial charge in [-0.1, -0.05) is 30.7 Å². The van der Waals surface area contributed by atoms with Crippen LogP contribution in [0.3, 0.4) is 0 Å². The second-order valence-electron chi connectivity index (χ2n) is 6.03. The molecule has 3 heterocycles. The number of halogens is 1. The molecule has 9 heteroatoms. The van der Waals surface area contributed by atoms with Gasteiger partial charge in [0.2, 0.25) is 0 Å². The van der Waals surface area contributed by atoms with E-state index in [9.17, 15) is 4.79 Å². The van der Waals surface area contributed by atoms with Gasteiger partial charge in [-0.25, -0.2) is 4.98 Å². The zero-order chi connectivity index (χ0) is 19.0. The largest absolute Gasteiger partial charge is 0.383 e. The van der Waals surface area contributed by atoms with Crippen LogP contribution >= 0.6 is 11.6 Å². The Morgan fingerprint density at radius 2 is 1.93 bits per heavy atom. The van der Waals surface area contributed by atoms with Crippen LogP contribution in [0.15, 0.2) is 35.4 Å². The summed E-state index contributed by atoms with van der Waals surface area (Å²) in [6, 6.07) is 7.48. The fourth-order valence-corrected chi connectivity index (χ4v) is 3.14. The molecule has 1 aromatic carbocycles. The van der Waals surface area contributed by atoms with E-state index in [0.717, 1.165) is 16.8 Å². The minimum Gasteiger partial charge on any atom is -0.383 e. The standard InChI is InChI=1S/C18H17ClN6O2/c1-3-13-14(11-4-6-12(19)7-5-11)16-22-21-15-17(25(16)23-13)20-10-24(18(15)26)8-9-27-2/h4-7,10H,3,8-9H2,1-2H3. The molecule has 138 valence electrons. The third-order valence-electron chi connectivity index (χ3n) is 4.38. The highest BCUT2D eigenvalue weighted by atomic mass is 35.5. The number of aryl methyl sites for hydroxylation is 1. The number of hydrogen-bond donors (Lipinski definition) is 0. The maximum absolute atomic E-state index is 12.7. The predicted molar refractivity (Wildman–Crippen MR) is 102 cm³/mol. The Morgan fingerprint density at radius 1 is 1.15 bits per heavy atom. The Bertz CT molecular complexity index is 1180. The lowest BCUT2D eigenvalue weighted by Crippen LogP contribution is -2.24. The van der Waals surface area contributed by atoms with Crippen molar-refractivity contribution in [2.75, 3.05) is 13.7 Å². The van der Waals surface area contributed by atoms with Crippen molar-refractivity contribution in [1.29, 1.82) is 0 Å². The van der Waals surface area contributed by atoms with E-state index in [1.54, 1.807) is 11.6 Å². The molecule has 0 spiro atoms. The molecule has 0 saturated carbocycles. The van der Waals surface area contributed by atoms with Gasteiger partial charge in [-0.05, 0) is 24.1 Å². The molecule has 27 heavy (non-hydrogen) atoms. The lowest BCUT2D eigenvalue weighted by atomic mass is 10.0. The highest BCUT2D eigenvalue weighted by Gasteiger charge is 2.19. The van der Waals surface area contributed by atoms with Crippen LogP contribution in [-0.4, -0.2) is 43.1 Å². The summed E-state index contributed by atoms with van der Waals surface area (Å²) in [6.45, 7) is 2.82. The Morgan fingerprint density at radius 3 is 2.63 bits per heavy atom. The lowest BCUT2D eigenvalue weighted by Gasteiger charge is -2.06. The molecule has 0 aliphatic carbocycles. The number of benzene rings is 1. The van der Waals surface area contributed by atoms with Crippen molar-refractivity contribution < 1.29 is 4.74 Å². The van der Waals surface area contributed by atoms with Gasteiger partial charge in [0.25, 0.3) is 5.56 Å². The molecule has 0 radical (unpaired) electrons. The number of methoxy groups -OCH3 is 1. The van der Waals surface area contributed by atoms with E-state index in [1.807, 2.05) is 31.2 Å². The fourth-order valence-electron chi connectivity index (χ4n) is 3.01. The highest BCUT2D eigenvalue weighted by molar-refractivity contribution is 6.30. The summed E-state index contributed by atoms with van der Waals surface area (Å²) in [4.78, 5) is 17.1. The fraction of sp³-hybridized carbons (Fsp3) is 0.278. The SMILES string of the molecule is CCc1nn2c(nnc3c(=O)n(CCOC)cnc32)c1-c1ccc(Cl)cc1. The molecule has 0 N–H and O–H groups in total. The first-order valence-electron chi connectivity index (χ1n) is 8.52. The topological polar surface area (TPSA) is 87.2 Å². The maximum atomic E-state index is 12.7. The van der Waals surface area contributed by atoms with Gasteiger partial charge in [-0.15, -0.1) is 10.2 Å². The molecule has 0 unspecified atom stereocenters. The van der Waals surface area contributed by atoms with Gasteiger partial charge >= 0.3 is 0 Å². The van der Waals surface area contributed by atoms with E-state index in [2.05, 4.69) is 20.3 Å². The van der Waals surface area contributed by atoms with Crippen LogP contribution in [0.5, 0.6) is 0 Å². The van der Waals surface area contributed by atoms with Crippen LogP contribution in [0.25, 0.3) is 27.9 Å². The van der Waals surface area contributed by atoms with Gasteiger partial charge in [-0.2, -0.15) is 9.61 Å². The summed E-state index contributed by atoms with van der Waals surface area (Å²) in [5.41, 5.74) is 3.51. The number of rotatable bonds is 5. The van der Waals surface area contributed by atoms with Crippen molar-refractivity contribution in [3.05, 3.63) is 51.7 Å². The van der Waals surface area contributed by atoms with Crippen molar-refractivity contribution in [3.8, 4) is 11.1 Å². The van der Waals surface area contributed by atoms with E-state index >= 15 is 0 Å². The van der Waals surface area contributed by atoms with Crippen molar-refractivity contribution in [3.63, 3.8) is 0 Å². The monoisotopic (exact) mass is 384 g/mol. The quantitative estimate of drug-likeness (QED) is 0.525. The summed E-state index contributed by atoms with van der Waals surface area (Å²) in [5, 5.41) is 13.7. The number of ether oxygens (including phenoxy) is 1. The van der Waals surface area contributed by atoms with Crippen LogP contribution in [0.2, 0.25) is 5.02 Å².